The van der Waals surface area contributed by atoms with Crippen LogP contribution in [0.15, 0.2) is 66.0 Å². The average Bonchev–Trinajstić information content (AvgIpc) is 3.38. The lowest BCUT2D eigenvalue weighted by atomic mass is 10.1. The summed E-state index contributed by atoms with van der Waals surface area (Å²) in [5, 5.41) is 1.87. The second-order valence-electron chi connectivity index (χ2n) is 7.55. The van der Waals surface area contributed by atoms with Crippen molar-refractivity contribution in [3.8, 4) is 5.75 Å². The van der Waals surface area contributed by atoms with E-state index >= 15 is 0 Å². The maximum absolute atomic E-state index is 13.4. The number of nitrogens with zero attached hydrogens (tertiary/aromatic N) is 2. The Hall–Kier alpha value is -3.59. The highest BCUT2D eigenvalue weighted by Crippen LogP contribution is 2.27. The predicted octanol–water partition coefficient (Wildman–Crippen LogP) is 5.01. The number of carbonyl (C=O) groups excluding carboxylic acids is 2. The fourth-order valence-electron chi connectivity index (χ4n) is 3.69. The summed E-state index contributed by atoms with van der Waals surface area (Å²) in [6.07, 6.45) is 1.73. The maximum atomic E-state index is 13.4. The second kappa shape index (κ2) is 10.6. The van der Waals surface area contributed by atoms with E-state index in [1.54, 1.807) is 29.2 Å². The van der Waals surface area contributed by atoms with Crippen molar-refractivity contribution in [3.05, 3.63) is 87.9 Å². The van der Waals surface area contributed by atoms with E-state index < -0.39 is 12.5 Å². The second-order valence-corrected chi connectivity index (χ2v) is 8.49. The number of thiophene rings is 1. The topological polar surface area (TPSA) is 49.9 Å². The van der Waals surface area contributed by atoms with Gasteiger partial charge in [0.05, 0.1) is 11.1 Å². The van der Waals surface area contributed by atoms with Crippen molar-refractivity contribution in [2.75, 3.05) is 26.2 Å². The van der Waals surface area contributed by atoms with E-state index in [9.17, 15) is 22.8 Å². The number of alkyl halides is 2. The summed E-state index contributed by atoms with van der Waals surface area (Å²) in [6, 6.07) is 15.4. The molecule has 3 aromatic rings. The number of amides is 2. The van der Waals surface area contributed by atoms with Crippen LogP contribution in [0, 0.1) is 5.82 Å². The summed E-state index contributed by atoms with van der Waals surface area (Å²) in [5.41, 5.74) is 1.23. The summed E-state index contributed by atoms with van der Waals surface area (Å²) >= 11 is 1.43. The molecule has 0 N–H and O–H groups in total. The van der Waals surface area contributed by atoms with Gasteiger partial charge in [-0.15, -0.1) is 11.3 Å². The quantitative estimate of drug-likeness (QED) is 0.460. The van der Waals surface area contributed by atoms with Crippen LogP contribution < -0.4 is 4.74 Å². The van der Waals surface area contributed by atoms with Gasteiger partial charge in [-0.3, -0.25) is 9.59 Å². The molecule has 0 saturated carbocycles. The van der Waals surface area contributed by atoms with E-state index in [2.05, 4.69) is 4.74 Å². The summed E-state index contributed by atoms with van der Waals surface area (Å²) < 4.78 is 43.2. The molecule has 1 aromatic heterocycles. The number of ether oxygens (including phenoxy) is 1. The first-order valence-corrected chi connectivity index (χ1v) is 11.4. The Morgan fingerprint density at radius 3 is 2.24 bits per heavy atom. The van der Waals surface area contributed by atoms with E-state index in [4.69, 9.17) is 0 Å². The van der Waals surface area contributed by atoms with Gasteiger partial charge in [-0.25, -0.2) is 4.39 Å². The number of benzene rings is 2. The minimum Gasteiger partial charge on any atom is -0.434 e. The van der Waals surface area contributed by atoms with Gasteiger partial charge in [-0.05, 0) is 47.4 Å². The van der Waals surface area contributed by atoms with Crippen LogP contribution in [0.2, 0.25) is 0 Å². The molecule has 1 aliphatic rings. The lowest BCUT2D eigenvalue weighted by molar-refractivity contribution is -0.126. The highest BCUT2D eigenvalue weighted by Gasteiger charge is 2.28. The largest absolute Gasteiger partial charge is 0.434 e. The molecule has 0 atom stereocenters. The molecule has 0 radical (unpaired) electrons. The maximum Gasteiger partial charge on any atom is 0.387 e. The molecule has 5 nitrogen and oxygen atoms in total. The number of rotatable bonds is 6. The van der Waals surface area contributed by atoms with Gasteiger partial charge >= 0.3 is 6.61 Å². The Morgan fingerprint density at radius 1 is 0.912 bits per heavy atom. The van der Waals surface area contributed by atoms with Crippen LogP contribution in [-0.2, 0) is 4.79 Å². The number of carbonyl (C=O) groups is 2. The molecule has 0 bridgehead atoms. The molecule has 9 heteroatoms. The van der Waals surface area contributed by atoms with Gasteiger partial charge in [0.15, 0.2) is 0 Å². The Labute approximate surface area is 198 Å². The predicted molar refractivity (Wildman–Crippen MR) is 124 cm³/mol. The summed E-state index contributed by atoms with van der Waals surface area (Å²) in [7, 11) is 0. The number of hydrogen-bond acceptors (Lipinski definition) is 4. The average molecular weight is 487 g/mol. The lowest BCUT2D eigenvalue weighted by Gasteiger charge is -2.35. The Morgan fingerprint density at radius 2 is 1.59 bits per heavy atom. The van der Waals surface area contributed by atoms with Gasteiger partial charge in [-0.2, -0.15) is 8.78 Å². The Kier molecular flexibility index (Phi) is 7.32. The Bertz CT molecular complexity index is 1170. The van der Waals surface area contributed by atoms with E-state index in [1.807, 2.05) is 17.5 Å². The SMILES string of the molecule is O=C(/C(=C/c1ccc(F)cc1)c1cccs1)N1CCN(C(=O)c2ccccc2OC(F)F)CC1. The van der Waals surface area contributed by atoms with Crippen molar-refractivity contribution in [1.82, 2.24) is 9.80 Å². The lowest BCUT2D eigenvalue weighted by Crippen LogP contribution is -2.50. The fourth-order valence-corrected chi connectivity index (χ4v) is 4.43. The van der Waals surface area contributed by atoms with E-state index in [1.165, 1.54) is 46.6 Å². The van der Waals surface area contributed by atoms with Crippen LogP contribution in [0.4, 0.5) is 13.2 Å². The molecule has 2 amide bonds. The molecule has 0 unspecified atom stereocenters. The first-order chi connectivity index (χ1) is 16.4. The zero-order chi connectivity index (χ0) is 24.1. The number of halogens is 3. The monoisotopic (exact) mass is 486 g/mol. The third-order valence-corrected chi connectivity index (χ3v) is 6.29. The highest BCUT2D eigenvalue weighted by molar-refractivity contribution is 7.11. The van der Waals surface area contributed by atoms with Gasteiger partial charge in [0.25, 0.3) is 11.8 Å². The first-order valence-electron chi connectivity index (χ1n) is 10.6. The summed E-state index contributed by atoms with van der Waals surface area (Å²) in [6.45, 7) is -1.96. The molecular weight excluding hydrogens is 465 g/mol. The minimum atomic E-state index is -3.04. The molecule has 0 spiro atoms. The van der Waals surface area contributed by atoms with E-state index in [-0.39, 0.29) is 49.2 Å². The van der Waals surface area contributed by atoms with E-state index in [0.717, 1.165) is 4.88 Å². The van der Waals surface area contributed by atoms with Crippen molar-refractivity contribution in [2.24, 2.45) is 0 Å². The van der Waals surface area contributed by atoms with E-state index in [0.29, 0.717) is 11.1 Å². The van der Waals surface area contributed by atoms with Gasteiger partial charge in [-0.1, -0.05) is 30.3 Å². The molecule has 1 saturated heterocycles. The van der Waals surface area contributed by atoms with Crippen LogP contribution in [-0.4, -0.2) is 54.4 Å². The molecule has 176 valence electrons. The van der Waals surface area contributed by atoms with Gasteiger partial charge in [0.2, 0.25) is 0 Å². The van der Waals surface area contributed by atoms with Gasteiger partial charge in [0.1, 0.15) is 11.6 Å². The summed E-state index contributed by atoms with van der Waals surface area (Å²) in [4.78, 5) is 30.3. The molecule has 2 heterocycles. The number of piperazine rings is 1. The molecule has 2 aromatic carbocycles. The van der Waals surface area contributed by atoms with Crippen LogP contribution >= 0.6 is 11.3 Å². The van der Waals surface area contributed by atoms with Crippen molar-refractivity contribution in [2.45, 2.75) is 6.61 Å². The fraction of sp³-hybridized carbons (Fsp3) is 0.200. The molecular formula is C25H21F3N2O3S. The van der Waals surface area contributed by atoms with Crippen molar-refractivity contribution in [3.63, 3.8) is 0 Å². The van der Waals surface area contributed by atoms with Crippen molar-refractivity contribution in [1.29, 1.82) is 0 Å². The number of para-hydroxylation sites is 1. The zero-order valence-electron chi connectivity index (χ0n) is 18.0. The third kappa shape index (κ3) is 5.48. The third-order valence-electron chi connectivity index (χ3n) is 5.39. The van der Waals surface area contributed by atoms with Crippen molar-refractivity contribution < 1.29 is 27.5 Å². The molecule has 4 rings (SSSR count). The molecule has 0 aliphatic carbocycles. The van der Waals surface area contributed by atoms with Crippen LogP contribution in [0.25, 0.3) is 11.6 Å². The van der Waals surface area contributed by atoms with Gasteiger partial charge in [0, 0.05) is 31.1 Å². The highest BCUT2D eigenvalue weighted by atomic mass is 32.1. The smallest absolute Gasteiger partial charge is 0.387 e. The minimum absolute atomic E-state index is 0.0538. The normalized spacial score (nSPS) is 14.4. The number of hydrogen-bond donors (Lipinski definition) is 0. The molecule has 34 heavy (non-hydrogen) atoms. The summed E-state index contributed by atoms with van der Waals surface area (Å²) in [5.74, 6) is -1.16. The molecule has 1 aliphatic heterocycles. The zero-order valence-corrected chi connectivity index (χ0v) is 18.8. The standard InChI is InChI=1S/C25H21F3N2O3S/c26-18-9-7-17(8-10-18)16-20(22-6-3-15-34-22)24(32)30-13-11-29(12-14-30)23(31)19-4-1-2-5-21(19)33-25(27)28/h1-10,15-16,25H,11-14H2/b20-16+. The van der Waals surface area contributed by atoms with Crippen LogP contribution in [0.3, 0.4) is 0 Å². The van der Waals surface area contributed by atoms with Crippen molar-refractivity contribution >= 4 is 34.8 Å². The van der Waals surface area contributed by atoms with Gasteiger partial charge < -0.3 is 14.5 Å². The Balaban J connectivity index is 1.48. The van der Waals surface area contributed by atoms with Crippen LogP contribution in [0.1, 0.15) is 20.8 Å². The van der Waals surface area contributed by atoms with Crippen LogP contribution in [0.5, 0.6) is 5.75 Å². The molecule has 1 fully saturated rings. The first kappa shape index (κ1) is 23.6.